The predicted molar refractivity (Wildman–Crippen MR) is 73.7 cm³/mol. The number of fused-ring (bicyclic) bond motifs is 1. The number of thiophene rings is 1. The molecule has 1 N–H and O–H groups in total. The number of nitrogens with one attached hydrogen (secondary N) is 1. The minimum Gasteiger partial charge on any atom is -0.348 e. The minimum atomic E-state index is 0.0599. The number of rotatable bonds is 3. The average Bonchev–Trinajstić information content (AvgIpc) is 2.92. The monoisotopic (exact) mass is 312 g/mol. The van der Waals surface area contributed by atoms with E-state index in [4.69, 9.17) is 0 Å². The Morgan fingerprint density at radius 3 is 3.06 bits per heavy atom. The van der Waals surface area contributed by atoms with Crippen molar-refractivity contribution in [1.29, 1.82) is 0 Å². The van der Waals surface area contributed by atoms with Crippen molar-refractivity contribution in [3.05, 3.63) is 21.6 Å². The molecule has 0 bridgehead atoms. The van der Waals surface area contributed by atoms with Crippen LogP contribution in [0, 0.1) is 0 Å². The fourth-order valence-corrected chi connectivity index (χ4v) is 3.73. The van der Waals surface area contributed by atoms with E-state index in [0.29, 0.717) is 6.04 Å². The van der Waals surface area contributed by atoms with Crippen LogP contribution in [0.2, 0.25) is 0 Å². The van der Waals surface area contributed by atoms with Gasteiger partial charge in [0, 0.05) is 18.0 Å². The van der Waals surface area contributed by atoms with Crippen LogP contribution in [0.25, 0.3) is 10.2 Å². The Kier molecular flexibility index (Phi) is 2.75. The van der Waals surface area contributed by atoms with Crippen molar-refractivity contribution >= 4 is 43.4 Å². The van der Waals surface area contributed by atoms with Crippen LogP contribution in [-0.2, 0) is 6.54 Å². The largest absolute Gasteiger partial charge is 0.348 e. The molecule has 2 heterocycles. The zero-order valence-corrected chi connectivity index (χ0v) is 11.9. The highest BCUT2D eigenvalue weighted by atomic mass is 79.9. The van der Waals surface area contributed by atoms with Gasteiger partial charge in [0.1, 0.15) is 5.69 Å². The lowest BCUT2D eigenvalue weighted by molar-refractivity contribution is 0.0942. The van der Waals surface area contributed by atoms with Crippen LogP contribution in [0.3, 0.4) is 0 Å². The Hall–Kier alpha value is -0.810. The second-order valence-electron chi connectivity index (χ2n) is 4.32. The van der Waals surface area contributed by atoms with Gasteiger partial charge in [0.05, 0.1) is 14.7 Å². The summed E-state index contributed by atoms with van der Waals surface area (Å²) >= 11 is 5.21. The number of aryl methyl sites for hydroxylation is 1. The number of nitrogens with zero attached hydrogens (tertiary/aromatic N) is 1. The Bertz CT molecular complexity index is 583. The maximum absolute atomic E-state index is 12.1. The summed E-state index contributed by atoms with van der Waals surface area (Å²) < 4.78 is 4.32. The molecule has 90 valence electrons. The molecule has 1 amide bonds. The molecule has 1 saturated carbocycles. The molecule has 0 unspecified atom stereocenters. The predicted octanol–water partition coefficient (Wildman–Crippen LogP) is 3.38. The lowest BCUT2D eigenvalue weighted by Gasteiger charge is -2.07. The van der Waals surface area contributed by atoms with E-state index in [2.05, 4.69) is 38.1 Å². The smallest absolute Gasteiger partial charge is 0.268 e. The zero-order valence-electron chi connectivity index (χ0n) is 9.50. The molecule has 3 rings (SSSR count). The van der Waals surface area contributed by atoms with Crippen LogP contribution >= 0.6 is 27.3 Å². The van der Waals surface area contributed by atoms with E-state index < -0.39 is 0 Å². The molecule has 5 heteroatoms. The van der Waals surface area contributed by atoms with Gasteiger partial charge in [-0.2, -0.15) is 0 Å². The second-order valence-corrected chi connectivity index (χ2v) is 6.08. The van der Waals surface area contributed by atoms with Crippen LogP contribution in [-0.4, -0.2) is 16.5 Å². The number of hydrogen-bond acceptors (Lipinski definition) is 2. The lowest BCUT2D eigenvalue weighted by Crippen LogP contribution is -2.27. The molecular weight excluding hydrogens is 300 g/mol. The van der Waals surface area contributed by atoms with Crippen molar-refractivity contribution in [2.45, 2.75) is 32.4 Å². The van der Waals surface area contributed by atoms with Crippen LogP contribution in [0.15, 0.2) is 15.9 Å². The molecule has 0 atom stereocenters. The highest BCUT2D eigenvalue weighted by Crippen LogP contribution is 2.33. The molecule has 0 aromatic carbocycles. The van der Waals surface area contributed by atoms with Crippen LogP contribution < -0.4 is 5.32 Å². The highest BCUT2D eigenvalue weighted by molar-refractivity contribution is 9.10. The fourth-order valence-electron chi connectivity index (χ4n) is 2.03. The van der Waals surface area contributed by atoms with Crippen LogP contribution in [0.1, 0.15) is 30.3 Å². The summed E-state index contributed by atoms with van der Waals surface area (Å²) in [6, 6.07) is 2.40. The first-order valence-electron chi connectivity index (χ1n) is 5.77. The van der Waals surface area contributed by atoms with Gasteiger partial charge >= 0.3 is 0 Å². The van der Waals surface area contributed by atoms with Crippen LogP contribution in [0.4, 0.5) is 0 Å². The zero-order chi connectivity index (χ0) is 12.0. The van der Waals surface area contributed by atoms with E-state index in [1.54, 1.807) is 11.3 Å². The molecule has 0 saturated heterocycles. The van der Waals surface area contributed by atoms with E-state index in [9.17, 15) is 4.79 Å². The highest BCUT2D eigenvalue weighted by Gasteiger charge is 2.26. The van der Waals surface area contributed by atoms with Gasteiger partial charge in [-0.15, -0.1) is 11.3 Å². The molecular formula is C12H13BrN2OS. The summed E-state index contributed by atoms with van der Waals surface area (Å²) in [5.74, 6) is 0.0599. The molecule has 17 heavy (non-hydrogen) atoms. The summed E-state index contributed by atoms with van der Waals surface area (Å²) in [5.41, 5.74) is 1.92. The molecule has 2 aromatic heterocycles. The minimum absolute atomic E-state index is 0.0599. The number of carbonyl (C=O) groups is 1. The fraction of sp³-hybridized carbons (Fsp3) is 0.417. The van der Waals surface area contributed by atoms with E-state index in [-0.39, 0.29) is 5.91 Å². The molecule has 1 aliphatic rings. The molecule has 0 spiro atoms. The Balaban J connectivity index is 2.05. The van der Waals surface area contributed by atoms with E-state index >= 15 is 0 Å². The van der Waals surface area contributed by atoms with Crippen molar-refractivity contribution in [3.8, 4) is 0 Å². The lowest BCUT2D eigenvalue weighted by atomic mass is 10.4. The van der Waals surface area contributed by atoms with Gasteiger partial charge in [-0.3, -0.25) is 4.79 Å². The standard InChI is InChI=1S/C12H13BrN2OS/c1-2-15-9(12(16)14-7-3-4-7)5-10-11(15)8(13)6-17-10/h5-7H,2-4H2,1H3,(H,14,16). The third-order valence-electron chi connectivity index (χ3n) is 3.04. The molecule has 1 fully saturated rings. The van der Waals surface area contributed by atoms with Crippen LogP contribution in [0.5, 0.6) is 0 Å². The van der Waals surface area contributed by atoms with Crippen molar-refractivity contribution in [2.75, 3.05) is 0 Å². The second kappa shape index (κ2) is 4.14. The summed E-state index contributed by atoms with van der Waals surface area (Å²) in [4.78, 5) is 12.1. The third-order valence-corrected chi connectivity index (χ3v) is 4.87. The molecule has 3 nitrogen and oxygen atoms in total. The first-order chi connectivity index (χ1) is 8.20. The van der Waals surface area contributed by atoms with Gasteiger partial charge in [-0.1, -0.05) is 0 Å². The topological polar surface area (TPSA) is 34.0 Å². The normalized spacial score (nSPS) is 15.4. The molecule has 0 radical (unpaired) electrons. The Morgan fingerprint density at radius 2 is 2.41 bits per heavy atom. The number of carbonyl (C=O) groups excluding carboxylic acids is 1. The van der Waals surface area contributed by atoms with Gasteiger partial charge in [0.15, 0.2) is 0 Å². The van der Waals surface area contributed by atoms with E-state index in [1.165, 1.54) is 4.70 Å². The summed E-state index contributed by atoms with van der Waals surface area (Å²) in [7, 11) is 0. The maximum atomic E-state index is 12.1. The van der Waals surface area contributed by atoms with Gasteiger partial charge in [-0.25, -0.2) is 0 Å². The number of amides is 1. The molecule has 0 aliphatic heterocycles. The van der Waals surface area contributed by atoms with Crippen molar-refractivity contribution in [2.24, 2.45) is 0 Å². The maximum Gasteiger partial charge on any atom is 0.268 e. The average molecular weight is 313 g/mol. The van der Waals surface area contributed by atoms with E-state index in [1.807, 2.05) is 6.07 Å². The third kappa shape index (κ3) is 1.91. The first kappa shape index (κ1) is 11.3. The van der Waals surface area contributed by atoms with Gasteiger partial charge in [-0.05, 0) is 41.8 Å². The molecule has 1 aliphatic carbocycles. The Labute approximate surface area is 112 Å². The molecule has 2 aromatic rings. The number of halogens is 1. The SMILES string of the molecule is CCn1c(C(=O)NC2CC2)cc2scc(Br)c21. The number of aromatic nitrogens is 1. The first-order valence-corrected chi connectivity index (χ1v) is 7.45. The van der Waals surface area contributed by atoms with Crippen molar-refractivity contribution in [1.82, 2.24) is 9.88 Å². The van der Waals surface area contributed by atoms with Crippen molar-refractivity contribution < 1.29 is 4.79 Å². The summed E-state index contributed by atoms with van der Waals surface area (Å²) in [5, 5.41) is 5.11. The Morgan fingerprint density at radius 1 is 1.65 bits per heavy atom. The van der Waals surface area contributed by atoms with Gasteiger partial charge < -0.3 is 9.88 Å². The van der Waals surface area contributed by atoms with E-state index in [0.717, 1.165) is 35.1 Å². The summed E-state index contributed by atoms with van der Waals surface area (Å²) in [6.07, 6.45) is 2.24. The van der Waals surface area contributed by atoms with Crippen molar-refractivity contribution in [3.63, 3.8) is 0 Å². The summed E-state index contributed by atoms with van der Waals surface area (Å²) in [6.45, 7) is 2.88. The van der Waals surface area contributed by atoms with Gasteiger partial charge in [0.25, 0.3) is 5.91 Å². The number of hydrogen-bond donors (Lipinski definition) is 1. The quantitative estimate of drug-likeness (QED) is 0.926. The van der Waals surface area contributed by atoms with Gasteiger partial charge in [0.2, 0.25) is 0 Å².